The van der Waals surface area contributed by atoms with Gasteiger partial charge in [0.05, 0.1) is 17.7 Å². The predicted octanol–water partition coefficient (Wildman–Crippen LogP) is 3.39. The first kappa shape index (κ1) is 17.7. The molecule has 0 spiro atoms. The molecule has 0 aromatic heterocycles. The second kappa shape index (κ2) is 7.82. The number of carbonyl (C=O) groups is 3. The zero-order chi connectivity index (χ0) is 18.5. The Kier molecular flexibility index (Phi) is 5.31. The van der Waals surface area contributed by atoms with Crippen LogP contribution in [0.3, 0.4) is 0 Å². The van der Waals surface area contributed by atoms with E-state index in [2.05, 4.69) is 17.6 Å². The van der Waals surface area contributed by atoms with Gasteiger partial charge in [0, 0.05) is 11.3 Å². The topological polar surface area (TPSA) is 84.5 Å². The Morgan fingerprint density at radius 2 is 1.73 bits per heavy atom. The lowest BCUT2D eigenvalue weighted by molar-refractivity contribution is 0.0878. The van der Waals surface area contributed by atoms with E-state index < -0.39 is 11.8 Å². The number of amides is 3. The fourth-order valence-corrected chi connectivity index (χ4v) is 2.69. The number of nitrogens with one attached hydrogen (secondary N) is 2. The Labute approximate surface area is 151 Å². The van der Waals surface area contributed by atoms with Crippen molar-refractivity contribution in [3.8, 4) is 5.75 Å². The van der Waals surface area contributed by atoms with Crippen LogP contribution >= 0.6 is 0 Å². The van der Waals surface area contributed by atoms with Gasteiger partial charge in [-0.05, 0) is 48.9 Å². The molecule has 3 rings (SSSR count). The number of fused-ring (bicyclic) bond motifs is 1. The molecule has 0 atom stereocenters. The number of unbranched alkanes of at least 4 members (excludes halogenated alkanes) is 2. The van der Waals surface area contributed by atoms with Gasteiger partial charge >= 0.3 is 0 Å². The maximum Gasteiger partial charge on any atom is 0.259 e. The normalized spacial score (nSPS) is 12.5. The highest BCUT2D eigenvalue weighted by molar-refractivity contribution is 6.22. The minimum absolute atomic E-state index is 0.267. The van der Waals surface area contributed by atoms with Crippen molar-refractivity contribution in [2.24, 2.45) is 0 Å². The number of carbonyl (C=O) groups excluding carboxylic acids is 3. The SMILES string of the molecule is CCCCCOc1ccc(C(=O)Nc2ccc3c(c2)C(=O)NC3=O)cc1. The third-order valence-electron chi connectivity index (χ3n) is 4.13. The van der Waals surface area contributed by atoms with E-state index in [0.29, 0.717) is 23.4 Å². The van der Waals surface area contributed by atoms with E-state index in [1.165, 1.54) is 12.1 Å². The minimum atomic E-state index is -0.453. The number of ether oxygens (including phenoxy) is 1. The van der Waals surface area contributed by atoms with Crippen LogP contribution in [0.4, 0.5) is 5.69 Å². The van der Waals surface area contributed by atoms with Crippen LogP contribution in [0.25, 0.3) is 0 Å². The van der Waals surface area contributed by atoms with Gasteiger partial charge in [-0.2, -0.15) is 0 Å². The average Bonchev–Trinajstić information content (AvgIpc) is 2.93. The van der Waals surface area contributed by atoms with Crippen molar-refractivity contribution in [1.29, 1.82) is 0 Å². The van der Waals surface area contributed by atoms with Crippen LogP contribution in [0, 0.1) is 0 Å². The number of imide groups is 1. The number of rotatable bonds is 7. The van der Waals surface area contributed by atoms with Crippen molar-refractivity contribution < 1.29 is 19.1 Å². The fraction of sp³-hybridized carbons (Fsp3) is 0.250. The molecule has 0 bridgehead atoms. The summed E-state index contributed by atoms with van der Waals surface area (Å²) in [6, 6.07) is 11.5. The summed E-state index contributed by atoms with van der Waals surface area (Å²) in [4.78, 5) is 35.6. The van der Waals surface area contributed by atoms with Crippen LogP contribution in [-0.2, 0) is 0 Å². The second-order valence-corrected chi connectivity index (χ2v) is 6.08. The summed E-state index contributed by atoms with van der Waals surface area (Å²) >= 11 is 0. The molecule has 0 saturated heterocycles. The molecule has 6 nitrogen and oxygen atoms in total. The van der Waals surface area contributed by atoms with E-state index in [-0.39, 0.29) is 11.5 Å². The number of hydrogen-bond acceptors (Lipinski definition) is 4. The molecular formula is C20H20N2O4. The Balaban J connectivity index is 1.62. The van der Waals surface area contributed by atoms with Crippen molar-refractivity contribution in [3.05, 3.63) is 59.2 Å². The summed E-state index contributed by atoms with van der Waals surface area (Å²) in [6.07, 6.45) is 3.28. The molecule has 0 saturated carbocycles. The smallest absolute Gasteiger partial charge is 0.259 e. The van der Waals surface area contributed by atoms with Crippen molar-refractivity contribution in [1.82, 2.24) is 5.32 Å². The summed E-state index contributed by atoms with van der Waals surface area (Å²) in [6.45, 7) is 2.80. The van der Waals surface area contributed by atoms with Gasteiger partial charge in [0.1, 0.15) is 5.75 Å². The summed E-state index contributed by atoms with van der Waals surface area (Å²) in [5.41, 5.74) is 1.52. The van der Waals surface area contributed by atoms with Crippen LogP contribution < -0.4 is 15.4 Å². The highest BCUT2D eigenvalue weighted by atomic mass is 16.5. The van der Waals surface area contributed by atoms with Crippen LogP contribution in [-0.4, -0.2) is 24.3 Å². The highest BCUT2D eigenvalue weighted by Crippen LogP contribution is 2.21. The van der Waals surface area contributed by atoms with E-state index in [9.17, 15) is 14.4 Å². The van der Waals surface area contributed by atoms with Crippen LogP contribution in [0.2, 0.25) is 0 Å². The number of anilines is 1. The molecule has 1 heterocycles. The molecule has 1 aliphatic rings. The lowest BCUT2D eigenvalue weighted by Gasteiger charge is -2.08. The number of benzene rings is 2. The largest absolute Gasteiger partial charge is 0.494 e. The first-order valence-electron chi connectivity index (χ1n) is 8.62. The van der Waals surface area contributed by atoms with Crippen LogP contribution in [0.5, 0.6) is 5.75 Å². The molecule has 0 unspecified atom stereocenters. The van der Waals surface area contributed by atoms with E-state index in [0.717, 1.165) is 25.0 Å². The molecule has 6 heteroatoms. The molecule has 2 aromatic rings. The molecule has 2 N–H and O–H groups in total. The summed E-state index contributed by atoms with van der Waals surface area (Å²) in [7, 11) is 0. The van der Waals surface area contributed by atoms with Crippen LogP contribution in [0.1, 0.15) is 57.3 Å². The maximum absolute atomic E-state index is 12.4. The van der Waals surface area contributed by atoms with Gasteiger partial charge in [0.25, 0.3) is 17.7 Å². The van der Waals surface area contributed by atoms with Gasteiger partial charge in [0.2, 0.25) is 0 Å². The van der Waals surface area contributed by atoms with Gasteiger partial charge < -0.3 is 10.1 Å². The standard InChI is InChI=1S/C20H20N2O4/c1-2-3-4-11-26-15-8-5-13(6-9-15)18(23)21-14-7-10-16-17(12-14)20(25)22-19(16)24/h5-10,12H,2-4,11H2,1H3,(H,21,23)(H,22,24,25). The monoisotopic (exact) mass is 352 g/mol. The molecule has 0 radical (unpaired) electrons. The highest BCUT2D eigenvalue weighted by Gasteiger charge is 2.26. The van der Waals surface area contributed by atoms with Gasteiger partial charge in [-0.3, -0.25) is 19.7 Å². The first-order valence-corrected chi connectivity index (χ1v) is 8.62. The third-order valence-corrected chi connectivity index (χ3v) is 4.13. The second-order valence-electron chi connectivity index (χ2n) is 6.08. The molecular weight excluding hydrogens is 332 g/mol. The van der Waals surface area contributed by atoms with Crippen molar-refractivity contribution in [3.63, 3.8) is 0 Å². The maximum atomic E-state index is 12.4. The Morgan fingerprint density at radius 3 is 2.46 bits per heavy atom. The Bertz CT molecular complexity index is 843. The molecule has 2 aromatic carbocycles. The number of hydrogen-bond donors (Lipinski definition) is 2. The summed E-state index contributed by atoms with van der Waals surface area (Å²) < 4.78 is 5.63. The van der Waals surface area contributed by atoms with Crippen molar-refractivity contribution in [2.75, 3.05) is 11.9 Å². The molecule has 26 heavy (non-hydrogen) atoms. The molecule has 0 aliphatic carbocycles. The van der Waals surface area contributed by atoms with Gasteiger partial charge in [0.15, 0.2) is 0 Å². The van der Waals surface area contributed by atoms with Crippen LogP contribution in [0.15, 0.2) is 42.5 Å². The predicted molar refractivity (Wildman–Crippen MR) is 97.7 cm³/mol. The third kappa shape index (κ3) is 3.91. The van der Waals surface area contributed by atoms with Crippen molar-refractivity contribution in [2.45, 2.75) is 26.2 Å². The van der Waals surface area contributed by atoms with E-state index in [4.69, 9.17) is 4.74 Å². The van der Waals surface area contributed by atoms with Gasteiger partial charge in [-0.25, -0.2) is 0 Å². The summed E-state index contributed by atoms with van der Waals surface area (Å²) in [5, 5.41) is 4.95. The zero-order valence-corrected chi connectivity index (χ0v) is 14.5. The Hall–Kier alpha value is -3.15. The van der Waals surface area contributed by atoms with E-state index >= 15 is 0 Å². The first-order chi connectivity index (χ1) is 12.6. The molecule has 134 valence electrons. The molecule has 0 fully saturated rings. The molecule has 1 aliphatic heterocycles. The van der Waals surface area contributed by atoms with E-state index in [1.807, 2.05) is 0 Å². The molecule has 3 amide bonds. The quantitative estimate of drug-likeness (QED) is 0.591. The Morgan fingerprint density at radius 1 is 1.00 bits per heavy atom. The van der Waals surface area contributed by atoms with Gasteiger partial charge in [-0.15, -0.1) is 0 Å². The lowest BCUT2D eigenvalue weighted by Crippen LogP contribution is -2.19. The minimum Gasteiger partial charge on any atom is -0.494 e. The van der Waals surface area contributed by atoms with Crippen molar-refractivity contribution >= 4 is 23.4 Å². The zero-order valence-electron chi connectivity index (χ0n) is 14.5. The van der Waals surface area contributed by atoms with E-state index in [1.54, 1.807) is 30.3 Å². The summed E-state index contributed by atoms with van der Waals surface area (Å²) in [5.74, 6) is -0.444. The fourth-order valence-electron chi connectivity index (χ4n) is 2.69. The lowest BCUT2D eigenvalue weighted by atomic mass is 10.1. The average molecular weight is 352 g/mol. The van der Waals surface area contributed by atoms with Gasteiger partial charge in [-0.1, -0.05) is 19.8 Å².